The first-order valence-electron chi connectivity index (χ1n) is 13.0. The van der Waals surface area contributed by atoms with E-state index in [-0.39, 0.29) is 23.7 Å². The van der Waals surface area contributed by atoms with Gasteiger partial charge in [0.05, 0.1) is 26.4 Å². The van der Waals surface area contributed by atoms with E-state index in [0.717, 1.165) is 16.9 Å². The molecule has 0 saturated heterocycles. The van der Waals surface area contributed by atoms with Crippen LogP contribution in [0.2, 0.25) is 5.04 Å². The summed E-state index contributed by atoms with van der Waals surface area (Å²) in [6.07, 6.45) is 1.92. The lowest BCUT2D eigenvalue weighted by molar-refractivity contribution is 0.0120. The molecular formula is C32H42O4Si. The van der Waals surface area contributed by atoms with Gasteiger partial charge in [-0.1, -0.05) is 107 Å². The van der Waals surface area contributed by atoms with Crippen molar-refractivity contribution in [2.75, 3.05) is 20.3 Å². The maximum atomic E-state index is 9.93. The number of aliphatic hydroxyl groups is 1. The summed E-state index contributed by atoms with van der Waals surface area (Å²) in [5, 5.41) is 12.4. The van der Waals surface area contributed by atoms with Gasteiger partial charge in [-0.2, -0.15) is 0 Å². The van der Waals surface area contributed by atoms with E-state index < -0.39 is 8.32 Å². The van der Waals surface area contributed by atoms with Gasteiger partial charge in [-0.05, 0) is 45.6 Å². The van der Waals surface area contributed by atoms with Crippen LogP contribution in [0.3, 0.4) is 0 Å². The molecule has 2 atom stereocenters. The Kier molecular flexibility index (Phi) is 10.3. The van der Waals surface area contributed by atoms with Crippen molar-refractivity contribution in [1.82, 2.24) is 0 Å². The van der Waals surface area contributed by atoms with Gasteiger partial charge in [0.1, 0.15) is 5.75 Å². The zero-order valence-corrected chi connectivity index (χ0v) is 24.1. The zero-order chi connectivity index (χ0) is 26.9. The third kappa shape index (κ3) is 6.99. The minimum atomic E-state index is -2.61. The summed E-state index contributed by atoms with van der Waals surface area (Å²) in [6, 6.07) is 29.2. The summed E-state index contributed by atoms with van der Waals surface area (Å²) in [7, 11) is -0.953. The molecule has 0 unspecified atom stereocenters. The lowest BCUT2D eigenvalue weighted by Gasteiger charge is -2.43. The van der Waals surface area contributed by atoms with Crippen molar-refractivity contribution < 1.29 is 19.0 Å². The quantitative estimate of drug-likeness (QED) is 0.246. The van der Waals surface area contributed by atoms with E-state index in [1.54, 1.807) is 7.11 Å². The molecule has 0 aromatic heterocycles. The lowest BCUT2D eigenvalue weighted by Crippen LogP contribution is -2.66. The molecule has 0 saturated carbocycles. The van der Waals surface area contributed by atoms with E-state index in [9.17, 15) is 5.11 Å². The topological polar surface area (TPSA) is 47.9 Å². The fourth-order valence-corrected chi connectivity index (χ4v) is 9.41. The van der Waals surface area contributed by atoms with Gasteiger partial charge >= 0.3 is 0 Å². The summed E-state index contributed by atoms with van der Waals surface area (Å²) < 4.78 is 18.6. The molecule has 0 bridgehead atoms. The van der Waals surface area contributed by atoms with Crippen LogP contribution >= 0.6 is 0 Å². The minimum Gasteiger partial charge on any atom is -0.497 e. The Morgan fingerprint density at radius 1 is 0.892 bits per heavy atom. The summed E-state index contributed by atoms with van der Waals surface area (Å²) in [5.41, 5.74) is 2.13. The first kappa shape index (κ1) is 28.9. The number of hydrogen-bond acceptors (Lipinski definition) is 4. The molecule has 0 spiro atoms. The second-order valence-electron chi connectivity index (χ2n) is 10.7. The molecule has 4 nitrogen and oxygen atoms in total. The molecular weight excluding hydrogens is 476 g/mol. The van der Waals surface area contributed by atoms with Gasteiger partial charge in [0.15, 0.2) is 0 Å². The number of rotatable bonds is 12. The number of methoxy groups -OCH3 is 1. The zero-order valence-electron chi connectivity index (χ0n) is 23.1. The molecule has 0 amide bonds. The first-order valence-corrected chi connectivity index (χ1v) is 14.9. The van der Waals surface area contributed by atoms with Crippen LogP contribution in [0.5, 0.6) is 5.75 Å². The van der Waals surface area contributed by atoms with E-state index in [2.05, 4.69) is 94.4 Å². The Bertz CT molecular complexity index is 1070. The Morgan fingerprint density at radius 2 is 1.43 bits per heavy atom. The standard InChI is InChI=1S/C32H42O4Si/c1-25(31(26(2)23-33)35-24-27-17-19-28(34-6)20-18-27)21-22-36-37(32(3,4)5,29-13-9-7-10-14-29)30-15-11-8-12-16-30/h7-21,26,31,33H,22-24H2,1-6H3/b25-21+/t26-,31+/m1/s1. The van der Waals surface area contributed by atoms with Gasteiger partial charge in [-0.3, -0.25) is 0 Å². The van der Waals surface area contributed by atoms with Crippen molar-refractivity contribution >= 4 is 18.7 Å². The monoisotopic (exact) mass is 518 g/mol. The largest absolute Gasteiger partial charge is 0.497 e. The highest BCUT2D eigenvalue weighted by Crippen LogP contribution is 2.36. The average molecular weight is 519 g/mol. The summed E-state index contributed by atoms with van der Waals surface area (Å²) in [5.74, 6) is 0.781. The molecule has 0 heterocycles. The molecule has 198 valence electrons. The Balaban J connectivity index is 1.85. The van der Waals surface area contributed by atoms with Crippen LogP contribution < -0.4 is 15.1 Å². The van der Waals surface area contributed by atoms with Gasteiger partial charge < -0.3 is 19.0 Å². The van der Waals surface area contributed by atoms with Gasteiger partial charge in [0, 0.05) is 12.5 Å². The molecule has 3 rings (SSSR count). The van der Waals surface area contributed by atoms with E-state index in [1.807, 2.05) is 31.2 Å². The highest BCUT2D eigenvalue weighted by atomic mass is 28.4. The average Bonchev–Trinajstić information content (AvgIpc) is 2.91. The van der Waals surface area contributed by atoms with Gasteiger partial charge in [0.2, 0.25) is 0 Å². The van der Waals surface area contributed by atoms with Crippen LogP contribution in [-0.4, -0.2) is 39.9 Å². The van der Waals surface area contributed by atoms with Crippen LogP contribution in [0, 0.1) is 5.92 Å². The minimum absolute atomic E-state index is 0.0395. The third-order valence-electron chi connectivity index (χ3n) is 6.96. The van der Waals surface area contributed by atoms with E-state index in [4.69, 9.17) is 13.9 Å². The Hall–Kier alpha value is -2.70. The molecule has 5 heteroatoms. The summed E-state index contributed by atoms with van der Waals surface area (Å²) >= 11 is 0. The summed E-state index contributed by atoms with van der Waals surface area (Å²) in [4.78, 5) is 0. The van der Waals surface area contributed by atoms with Crippen LogP contribution in [0.1, 0.15) is 40.2 Å². The molecule has 37 heavy (non-hydrogen) atoms. The van der Waals surface area contributed by atoms with Crippen LogP contribution in [0.25, 0.3) is 0 Å². The molecule has 0 aliphatic carbocycles. The fraction of sp³-hybridized carbons (Fsp3) is 0.375. The molecule has 3 aromatic rings. The number of benzene rings is 3. The molecule has 1 N–H and O–H groups in total. The predicted octanol–water partition coefficient (Wildman–Crippen LogP) is 5.73. The number of ether oxygens (including phenoxy) is 2. The smallest absolute Gasteiger partial charge is 0.261 e. The van der Waals surface area contributed by atoms with Crippen molar-refractivity contribution in [2.45, 2.75) is 52.4 Å². The van der Waals surface area contributed by atoms with Crippen molar-refractivity contribution in [3.05, 3.63) is 102 Å². The van der Waals surface area contributed by atoms with Crippen LogP contribution in [-0.2, 0) is 15.8 Å². The molecule has 0 aliphatic rings. The lowest BCUT2D eigenvalue weighted by atomic mass is 9.98. The van der Waals surface area contributed by atoms with E-state index in [0.29, 0.717) is 13.2 Å². The molecule has 3 aromatic carbocycles. The number of aliphatic hydroxyl groups excluding tert-OH is 1. The third-order valence-corrected chi connectivity index (χ3v) is 12.0. The SMILES string of the molecule is COc1ccc(CO[C@@H](/C(C)=C/CO[Si](c2ccccc2)(c2ccccc2)C(C)(C)C)[C@H](C)CO)cc1. The second-order valence-corrected chi connectivity index (χ2v) is 15.0. The Labute approximate surface area is 224 Å². The van der Waals surface area contributed by atoms with Crippen molar-refractivity contribution in [1.29, 1.82) is 0 Å². The van der Waals surface area contributed by atoms with Crippen molar-refractivity contribution in [3.63, 3.8) is 0 Å². The van der Waals surface area contributed by atoms with Gasteiger partial charge in [-0.15, -0.1) is 0 Å². The van der Waals surface area contributed by atoms with Crippen molar-refractivity contribution in [3.8, 4) is 5.75 Å². The number of hydrogen-bond donors (Lipinski definition) is 1. The molecule has 0 radical (unpaired) electrons. The van der Waals surface area contributed by atoms with E-state index >= 15 is 0 Å². The van der Waals surface area contributed by atoms with Crippen LogP contribution in [0.15, 0.2) is 96.6 Å². The highest BCUT2D eigenvalue weighted by molar-refractivity contribution is 6.99. The predicted molar refractivity (Wildman–Crippen MR) is 155 cm³/mol. The maximum Gasteiger partial charge on any atom is 0.261 e. The summed E-state index contributed by atoms with van der Waals surface area (Å²) in [6.45, 7) is 11.9. The molecule has 0 fully saturated rings. The van der Waals surface area contributed by atoms with Gasteiger partial charge in [0.25, 0.3) is 8.32 Å². The van der Waals surface area contributed by atoms with Crippen LogP contribution in [0.4, 0.5) is 0 Å². The van der Waals surface area contributed by atoms with E-state index in [1.165, 1.54) is 10.4 Å². The van der Waals surface area contributed by atoms with Crippen molar-refractivity contribution in [2.24, 2.45) is 5.92 Å². The second kappa shape index (κ2) is 13.2. The normalized spacial score (nSPS) is 14.3. The van der Waals surface area contributed by atoms with Gasteiger partial charge in [-0.25, -0.2) is 0 Å². The highest BCUT2D eigenvalue weighted by Gasteiger charge is 2.49. The Morgan fingerprint density at radius 3 is 1.89 bits per heavy atom. The maximum absolute atomic E-state index is 9.93. The fourth-order valence-electron chi connectivity index (χ4n) is 4.92. The first-order chi connectivity index (χ1) is 17.7. The molecule has 0 aliphatic heterocycles.